The Morgan fingerprint density at radius 3 is 2.56 bits per heavy atom. The Kier molecular flexibility index (Phi) is 5.18. The van der Waals surface area contributed by atoms with Crippen molar-refractivity contribution in [1.29, 1.82) is 0 Å². The van der Waals surface area contributed by atoms with Gasteiger partial charge in [-0.05, 0) is 48.4 Å². The SMILES string of the molecule is COc1ccc(C(=O)COC(=O)CCc2ccc3c(c2)OCO3)cc1. The highest BCUT2D eigenvalue weighted by Gasteiger charge is 2.14. The number of hydrogen-bond donors (Lipinski definition) is 0. The lowest BCUT2D eigenvalue weighted by molar-refractivity contribution is -0.142. The van der Waals surface area contributed by atoms with Crippen molar-refractivity contribution in [3.63, 3.8) is 0 Å². The summed E-state index contributed by atoms with van der Waals surface area (Å²) in [4.78, 5) is 23.8. The molecule has 0 atom stereocenters. The summed E-state index contributed by atoms with van der Waals surface area (Å²) in [6, 6.07) is 12.2. The van der Waals surface area contributed by atoms with Gasteiger partial charge in [-0.15, -0.1) is 0 Å². The van der Waals surface area contributed by atoms with Crippen LogP contribution in [0.1, 0.15) is 22.3 Å². The summed E-state index contributed by atoms with van der Waals surface area (Å²) in [5.74, 6) is 1.38. The second-order valence-corrected chi connectivity index (χ2v) is 5.50. The fraction of sp³-hybridized carbons (Fsp3) is 0.263. The summed E-state index contributed by atoms with van der Waals surface area (Å²) in [6.07, 6.45) is 0.696. The van der Waals surface area contributed by atoms with E-state index in [0.717, 1.165) is 5.56 Å². The number of methoxy groups -OCH3 is 1. The van der Waals surface area contributed by atoms with Crippen molar-refractivity contribution in [3.05, 3.63) is 53.6 Å². The van der Waals surface area contributed by atoms with Crippen LogP contribution in [-0.2, 0) is 16.0 Å². The molecule has 0 N–H and O–H groups in total. The zero-order valence-corrected chi connectivity index (χ0v) is 13.8. The van der Waals surface area contributed by atoms with Gasteiger partial charge in [0.1, 0.15) is 5.75 Å². The molecule has 25 heavy (non-hydrogen) atoms. The molecule has 0 unspecified atom stereocenters. The molecule has 0 bridgehead atoms. The van der Waals surface area contributed by atoms with Gasteiger partial charge in [-0.3, -0.25) is 9.59 Å². The smallest absolute Gasteiger partial charge is 0.306 e. The third-order valence-electron chi connectivity index (χ3n) is 3.83. The van der Waals surface area contributed by atoms with Crippen LogP contribution < -0.4 is 14.2 Å². The summed E-state index contributed by atoms with van der Waals surface area (Å²) in [6.45, 7) is -0.0550. The van der Waals surface area contributed by atoms with Gasteiger partial charge in [-0.2, -0.15) is 0 Å². The molecular weight excluding hydrogens is 324 g/mol. The summed E-state index contributed by atoms with van der Waals surface area (Å²) in [5.41, 5.74) is 1.42. The van der Waals surface area contributed by atoms with Crippen LogP contribution in [-0.4, -0.2) is 32.3 Å². The van der Waals surface area contributed by atoms with E-state index in [9.17, 15) is 9.59 Å². The van der Waals surface area contributed by atoms with Crippen molar-refractivity contribution in [1.82, 2.24) is 0 Å². The van der Waals surface area contributed by atoms with Crippen molar-refractivity contribution in [3.8, 4) is 17.2 Å². The quantitative estimate of drug-likeness (QED) is 0.569. The molecule has 2 aromatic rings. The number of fused-ring (bicyclic) bond motifs is 1. The molecule has 1 heterocycles. The number of carbonyl (C=O) groups is 2. The fourth-order valence-corrected chi connectivity index (χ4v) is 2.42. The van der Waals surface area contributed by atoms with E-state index in [1.165, 1.54) is 0 Å². The highest BCUT2D eigenvalue weighted by atomic mass is 16.7. The van der Waals surface area contributed by atoms with E-state index in [-0.39, 0.29) is 25.6 Å². The molecule has 0 saturated heterocycles. The molecule has 130 valence electrons. The number of ether oxygens (including phenoxy) is 4. The van der Waals surface area contributed by atoms with Crippen LogP contribution >= 0.6 is 0 Å². The largest absolute Gasteiger partial charge is 0.497 e. The second-order valence-electron chi connectivity index (χ2n) is 5.50. The molecule has 0 aromatic heterocycles. The molecule has 1 aliphatic rings. The molecule has 0 fully saturated rings. The van der Waals surface area contributed by atoms with Crippen LogP contribution in [0.2, 0.25) is 0 Å². The van der Waals surface area contributed by atoms with Crippen LogP contribution in [0.25, 0.3) is 0 Å². The maximum atomic E-state index is 12.0. The Hall–Kier alpha value is -3.02. The highest BCUT2D eigenvalue weighted by molar-refractivity contribution is 5.98. The Labute approximate surface area is 145 Å². The second kappa shape index (κ2) is 7.70. The van der Waals surface area contributed by atoms with Gasteiger partial charge in [0.05, 0.1) is 7.11 Å². The maximum Gasteiger partial charge on any atom is 0.306 e. The van der Waals surface area contributed by atoms with Crippen LogP contribution in [0, 0.1) is 0 Å². The van der Waals surface area contributed by atoms with E-state index >= 15 is 0 Å². The molecule has 0 amide bonds. The first-order valence-electron chi connectivity index (χ1n) is 7.87. The zero-order chi connectivity index (χ0) is 17.6. The predicted molar refractivity (Wildman–Crippen MR) is 89.2 cm³/mol. The number of Topliss-reactive ketones (excluding diaryl/α,β-unsaturated/α-hetero) is 1. The molecule has 2 aromatic carbocycles. The topological polar surface area (TPSA) is 71.1 Å². The molecule has 6 nitrogen and oxygen atoms in total. The standard InChI is InChI=1S/C19H18O6/c1-22-15-6-4-14(5-7-15)16(20)11-23-19(21)9-3-13-2-8-17-18(10-13)25-12-24-17/h2,4-8,10H,3,9,11-12H2,1H3. The summed E-state index contributed by atoms with van der Waals surface area (Å²) < 4.78 is 20.6. The van der Waals surface area contributed by atoms with E-state index in [1.54, 1.807) is 31.4 Å². The minimum absolute atomic E-state index is 0.190. The molecule has 0 saturated carbocycles. The highest BCUT2D eigenvalue weighted by Crippen LogP contribution is 2.32. The lowest BCUT2D eigenvalue weighted by atomic mass is 10.1. The van der Waals surface area contributed by atoms with E-state index in [2.05, 4.69) is 0 Å². The molecule has 6 heteroatoms. The number of benzene rings is 2. The van der Waals surface area contributed by atoms with Crippen LogP contribution in [0.5, 0.6) is 17.2 Å². The fourth-order valence-electron chi connectivity index (χ4n) is 2.42. The molecule has 1 aliphatic heterocycles. The van der Waals surface area contributed by atoms with Gasteiger partial charge in [0.25, 0.3) is 0 Å². The van der Waals surface area contributed by atoms with E-state index in [4.69, 9.17) is 18.9 Å². The first-order valence-corrected chi connectivity index (χ1v) is 7.87. The van der Waals surface area contributed by atoms with Gasteiger partial charge >= 0.3 is 5.97 Å². The van der Waals surface area contributed by atoms with Crippen LogP contribution in [0.4, 0.5) is 0 Å². The Bertz CT molecular complexity index is 766. The number of hydrogen-bond acceptors (Lipinski definition) is 6. The molecule has 0 spiro atoms. The first kappa shape index (κ1) is 16.8. The average molecular weight is 342 g/mol. The van der Waals surface area contributed by atoms with Crippen molar-refractivity contribution < 1.29 is 28.5 Å². The summed E-state index contributed by atoms with van der Waals surface area (Å²) in [5, 5.41) is 0. The van der Waals surface area contributed by atoms with E-state index in [0.29, 0.717) is 29.2 Å². The Balaban J connectivity index is 1.45. The summed E-state index contributed by atoms with van der Waals surface area (Å²) in [7, 11) is 1.55. The zero-order valence-electron chi connectivity index (χ0n) is 13.8. The van der Waals surface area contributed by atoms with E-state index < -0.39 is 5.97 Å². The number of esters is 1. The molecule has 0 radical (unpaired) electrons. The lowest BCUT2D eigenvalue weighted by Gasteiger charge is -2.06. The number of aryl methyl sites for hydroxylation is 1. The third-order valence-corrected chi connectivity index (χ3v) is 3.83. The van der Waals surface area contributed by atoms with Crippen molar-refractivity contribution in [2.45, 2.75) is 12.8 Å². The minimum Gasteiger partial charge on any atom is -0.497 e. The van der Waals surface area contributed by atoms with Gasteiger partial charge in [0.15, 0.2) is 23.9 Å². The normalized spacial score (nSPS) is 11.9. The molecule has 0 aliphatic carbocycles. The van der Waals surface area contributed by atoms with Gasteiger partial charge in [0.2, 0.25) is 6.79 Å². The predicted octanol–water partition coefficient (Wildman–Crippen LogP) is 2.78. The van der Waals surface area contributed by atoms with Gasteiger partial charge < -0.3 is 18.9 Å². The van der Waals surface area contributed by atoms with Gasteiger partial charge in [-0.1, -0.05) is 6.07 Å². The summed E-state index contributed by atoms with van der Waals surface area (Å²) >= 11 is 0. The van der Waals surface area contributed by atoms with E-state index in [1.807, 2.05) is 18.2 Å². The van der Waals surface area contributed by atoms with Crippen LogP contribution in [0.3, 0.4) is 0 Å². The molecular formula is C19H18O6. The number of rotatable bonds is 7. The monoisotopic (exact) mass is 342 g/mol. The number of carbonyl (C=O) groups excluding carboxylic acids is 2. The van der Waals surface area contributed by atoms with Gasteiger partial charge in [-0.25, -0.2) is 0 Å². The lowest BCUT2D eigenvalue weighted by Crippen LogP contribution is -2.14. The maximum absolute atomic E-state index is 12.0. The van der Waals surface area contributed by atoms with Crippen LogP contribution in [0.15, 0.2) is 42.5 Å². The Morgan fingerprint density at radius 2 is 1.80 bits per heavy atom. The van der Waals surface area contributed by atoms with Crippen molar-refractivity contribution in [2.24, 2.45) is 0 Å². The van der Waals surface area contributed by atoms with Crippen molar-refractivity contribution in [2.75, 3.05) is 20.5 Å². The van der Waals surface area contributed by atoms with Crippen molar-refractivity contribution >= 4 is 11.8 Å². The molecule has 3 rings (SSSR count). The third kappa shape index (κ3) is 4.29. The average Bonchev–Trinajstić information content (AvgIpc) is 3.12. The van der Waals surface area contributed by atoms with Gasteiger partial charge in [0, 0.05) is 12.0 Å². The Morgan fingerprint density at radius 1 is 1.04 bits per heavy atom. The minimum atomic E-state index is -0.417. The number of ketones is 1. The first-order chi connectivity index (χ1) is 12.2.